The smallest absolute Gasteiger partial charge is 0.328 e. The molecule has 104 valence electrons. The first-order valence-electron chi connectivity index (χ1n) is 6.21. The highest BCUT2D eigenvalue weighted by Gasteiger charge is 2.09. The number of methoxy groups -OCH3 is 1. The van der Waals surface area contributed by atoms with E-state index in [4.69, 9.17) is 9.84 Å². The number of hydrogen-bond donors (Lipinski definition) is 1. The van der Waals surface area contributed by atoms with Crippen molar-refractivity contribution in [3.8, 4) is 5.75 Å². The molecule has 1 aromatic rings. The lowest BCUT2D eigenvalue weighted by Crippen LogP contribution is -1.98. The van der Waals surface area contributed by atoms with E-state index < -0.39 is 11.8 Å². The SMILES string of the molecule is COc1cc(CCC(C)C)c(C=CC(=O)O)cc1F. The zero-order valence-electron chi connectivity index (χ0n) is 11.4. The van der Waals surface area contributed by atoms with Gasteiger partial charge in [-0.25, -0.2) is 9.18 Å². The topological polar surface area (TPSA) is 46.5 Å². The van der Waals surface area contributed by atoms with Gasteiger partial charge in [-0.3, -0.25) is 0 Å². The Labute approximate surface area is 112 Å². The van der Waals surface area contributed by atoms with Gasteiger partial charge in [-0.05, 0) is 48.1 Å². The fourth-order valence-electron chi connectivity index (χ4n) is 1.74. The summed E-state index contributed by atoms with van der Waals surface area (Å²) in [4.78, 5) is 10.6. The molecule has 0 heterocycles. The lowest BCUT2D eigenvalue weighted by Gasteiger charge is -2.11. The van der Waals surface area contributed by atoms with Crippen LogP contribution in [0.25, 0.3) is 6.08 Å². The molecule has 0 fully saturated rings. The van der Waals surface area contributed by atoms with E-state index in [1.807, 2.05) is 0 Å². The van der Waals surface area contributed by atoms with Crippen LogP contribution in [0, 0.1) is 11.7 Å². The summed E-state index contributed by atoms with van der Waals surface area (Å²) in [6.45, 7) is 4.21. The summed E-state index contributed by atoms with van der Waals surface area (Å²) in [6.07, 6.45) is 4.14. The van der Waals surface area contributed by atoms with Crippen molar-refractivity contribution in [2.75, 3.05) is 7.11 Å². The first-order chi connectivity index (χ1) is 8.93. The minimum Gasteiger partial charge on any atom is -0.494 e. The molecule has 1 rings (SSSR count). The van der Waals surface area contributed by atoms with Crippen LogP contribution in [0.4, 0.5) is 4.39 Å². The van der Waals surface area contributed by atoms with Crippen molar-refractivity contribution in [2.24, 2.45) is 5.92 Å². The van der Waals surface area contributed by atoms with Crippen LogP contribution in [0.1, 0.15) is 31.4 Å². The third kappa shape index (κ3) is 4.73. The maximum absolute atomic E-state index is 13.6. The zero-order chi connectivity index (χ0) is 14.4. The second kappa shape index (κ2) is 6.92. The number of rotatable bonds is 6. The Hall–Kier alpha value is -1.84. The fraction of sp³-hybridized carbons (Fsp3) is 0.400. The molecule has 1 aromatic carbocycles. The summed E-state index contributed by atoms with van der Waals surface area (Å²) in [6, 6.07) is 2.95. The van der Waals surface area contributed by atoms with Crippen molar-refractivity contribution >= 4 is 12.0 Å². The predicted octanol–water partition coefficient (Wildman–Crippen LogP) is 3.52. The van der Waals surface area contributed by atoms with Crippen LogP contribution >= 0.6 is 0 Å². The number of hydrogen-bond acceptors (Lipinski definition) is 2. The highest BCUT2D eigenvalue weighted by atomic mass is 19.1. The van der Waals surface area contributed by atoms with Crippen LogP contribution in [0.15, 0.2) is 18.2 Å². The Morgan fingerprint density at radius 1 is 1.47 bits per heavy atom. The van der Waals surface area contributed by atoms with Gasteiger partial charge in [0, 0.05) is 6.08 Å². The maximum atomic E-state index is 13.6. The van der Waals surface area contributed by atoms with Crippen molar-refractivity contribution in [3.05, 3.63) is 35.2 Å². The van der Waals surface area contributed by atoms with Gasteiger partial charge in [0.15, 0.2) is 11.6 Å². The van der Waals surface area contributed by atoms with Gasteiger partial charge in [0.2, 0.25) is 0 Å². The van der Waals surface area contributed by atoms with E-state index in [-0.39, 0.29) is 5.75 Å². The minimum absolute atomic E-state index is 0.186. The number of carbonyl (C=O) groups is 1. The van der Waals surface area contributed by atoms with Gasteiger partial charge in [0.1, 0.15) is 0 Å². The summed E-state index contributed by atoms with van der Waals surface area (Å²) >= 11 is 0. The highest BCUT2D eigenvalue weighted by molar-refractivity contribution is 5.85. The average Bonchev–Trinajstić information content (AvgIpc) is 2.34. The van der Waals surface area contributed by atoms with Crippen LogP contribution < -0.4 is 4.74 Å². The van der Waals surface area contributed by atoms with Gasteiger partial charge < -0.3 is 9.84 Å². The molecule has 0 saturated heterocycles. The van der Waals surface area contributed by atoms with Gasteiger partial charge in [-0.15, -0.1) is 0 Å². The molecule has 0 amide bonds. The van der Waals surface area contributed by atoms with Crippen molar-refractivity contribution in [1.29, 1.82) is 0 Å². The van der Waals surface area contributed by atoms with Crippen molar-refractivity contribution in [1.82, 2.24) is 0 Å². The molecular formula is C15H19FO3. The lowest BCUT2D eigenvalue weighted by atomic mass is 9.97. The van der Waals surface area contributed by atoms with Gasteiger partial charge in [0.05, 0.1) is 7.11 Å². The number of carboxylic acids is 1. The van der Waals surface area contributed by atoms with E-state index in [1.54, 1.807) is 6.07 Å². The summed E-state index contributed by atoms with van der Waals surface area (Å²) in [5.41, 5.74) is 1.48. The Kier molecular flexibility index (Phi) is 5.55. The molecule has 0 unspecified atom stereocenters. The number of benzene rings is 1. The molecule has 0 aliphatic carbocycles. The number of carboxylic acid groups (broad SMARTS) is 1. The van der Waals surface area contributed by atoms with Crippen LogP contribution in [0.2, 0.25) is 0 Å². The van der Waals surface area contributed by atoms with E-state index in [0.29, 0.717) is 11.5 Å². The fourth-order valence-corrected chi connectivity index (χ4v) is 1.74. The van der Waals surface area contributed by atoms with E-state index >= 15 is 0 Å². The summed E-state index contributed by atoms with van der Waals surface area (Å²) in [5.74, 6) is -0.828. The monoisotopic (exact) mass is 266 g/mol. The number of aliphatic carboxylic acids is 1. The predicted molar refractivity (Wildman–Crippen MR) is 72.8 cm³/mol. The third-order valence-corrected chi connectivity index (χ3v) is 2.81. The molecule has 19 heavy (non-hydrogen) atoms. The quantitative estimate of drug-likeness (QED) is 0.801. The minimum atomic E-state index is -1.05. The van der Waals surface area contributed by atoms with Gasteiger partial charge >= 0.3 is 5.97 Å². The Morgan fingerprint density at radius 3 is 2.68 bits per heavy atom. The normalized spacial score (nSPS) is 11.2. The molecule has 0 atom stereocenters. The van der Waals surface area contributed by atoms with Crippen molar-refractivity contribution in [3.63, 3.8) is 0 Å². The molecule has 0 bridgehead atoms. The van der Waals surface area contributed by atoms with E-state index in [9.17, 15) is 9.18 Å². The van der Waals surface area contributed by atoms with E-state index in [0.717, 1.165) is 24.5 Å². The van der Waals surface area contributed by atoms with Crippen molar-refractivity contribution < 1.29 is 19.0 Å². The van der Waals surface area contributed by atoms with Gasteiger partial charge in [-0.2, -0.15) is 0 Å². The summed E-state index contributed by atoms with van der Waals surface area (Å²) < 4.78 is 18.6. The molecule has 0 spiro atoms. The molecule has 1 N–H and O–H groups in total. The van der Waals surface area contributed by atoms with Crippen molar-refractivity contribution in [2.45, 2.75) is 26.7 Å². The van der Waals surface area contributed by atoms with Crippen LogP contribution in [0.3, 0.4) is 0 Å². The summed E-state index contributed by atoms with van der Waals surface area (Å²) in [5, 5.41) is 8.65. The van der Waals surface area contributed by atoms with Gasteiger partial charge in [-0.1, -0.05) is 13.8 Å². The molecular weight excluding hydrogens is 247 g/mol. The largest absolute Gasteiger partial charge is 0.494 e. The molecule has 4 heteroatoms. The molecule has 0 aliphatic heterocycles. The number of halogens is 1. The third-order valence-electron chi connectivity index (χ3n) is 2.81. The lowest BCUT2D eigenvalue weighted by molar-refractivity contribution is -0.131. The van der Waals surface area contributed by atoms with Crippen LogP contribution in [-0.4, -0.2) is 18.2 Å². The highest BCUT2D eigenvalue weighted by Crippen LogP contribution is 2.25. The maximum Gasteiger partial charge on any atom is 0.328 e. The Bertz CT molecular complexity index is 479. The first kappa shape index (κ1) is 15.2. The molecule has 0 aromatic heterocycles. The van der Waals surface area contributed by atoms with Gasteiger partial charge in [0.25, 0.3) is 0 Å². The molecule has 3 nitrogen and oxygen atoms in total. The average molecular weight is 266 g/mol. The molecule has 0 aliphatic rings. The Morgan fingerprint density at radius 2 is 2.16 bits per heavy atom. The zero-order valence-corrected chi connectivity index (χ0v) is 11.4. The van der Waals surface area contributed by atoms with E-state index in [2.05, 4.69) is 13.8 Å². The molecule has 0 radical (unpaired) electrons. The van der Waals surface area contributed by atoms with E-state index in [1.165, 1.54) is 19.3 Å². The van der Waals surface area contributed by atoms with Crippen LogP contribution in [-0.2, 0) is 11.2 Å². The summed E-state index contributed by atoms with van der Waals surface area (Å²) in [7, 11) is 1.41. The van der Waals surface area contributed by atoms with Crippen LogP contribution in [0.5, 0.6) is 5.75 Å². The second-order valence-electron chi connectivity index (χ2n) is 4.79. The number of aryl methyl sites for hydroxylation is 1. The standard InChI is InChI=1S/C15H19FO3/c1-10(2)4-5-12-9-14(19-3)13(16)8-11(12)6-7-15(17)18/h6-10H,4-5H2,1-3H3,(H,17,18). The molecule has 0 saturated carbocycles. The second-order valence-corrected chi connectivity index (χ2v) is 4.79. The Balaban J connectivity index is 3.10. The first-order valence-corrected chi connectivity index (χ1v) is 6.21. The number of ether oxygens (including phenoxy) is 1.